The quantitative estimate of drug-likeness (QED) is 0.896. The Morgan fingerprint density at radius 1 is 1.10 bits per heavy atom. The number of hydrogen-bond donors (Lipinski definition) is 1. The molecule has 0 fully saturated rings. The zero-order chi connectivity index (χ0) is 14.4. The van der Waals surface area contributed by atoms with Gasteiger partial charge in [0.1, 0.15) is 11.8 Å². The van der Waals surface area contributed by atoms with Crippen molar-refractivity contribution in [1.29, 1.82) is 5.26 Å². The van der Waals surface area contributed by atoms with E-state index in [4.69, 9.17) is 10.00 Å². The molecular formula is C17H18N2O. The molecule has 0 saturated carbocycles. The summed E-state index contributed by atoms with van der Waals surface area (Å²) in [6, 6.07) is 16.2. The van der Waals surface area contributed by atoms with Crippen LogP contribution in [0.1, 0.15) is 23.6 Å². The first-order valence-corrected chi connectivity index (χ1v) is 6.66. The number of nitrogens with one attached hydrogen (secondary N) is 1. The van der Waals surface area contributed by atoms with E-state index in [1.165, 1.54) is 5.56 Å². The molecule has 0 spiro atoms. The van der Waals surface area contributed by atoms with Crippen LogP contribution in [0.2, 0.25) is 0 Å². The van der Waals surface area contributed by atoms with Gasteiger partial charge in [0, 0.05) is 12.2 Å². The number of nitriles is 1. The summed E-state index contributed by atoms with van der Waals surface area (Å²) in [7, 11) is 1.57. The summed E-state index contributed by atoms with van der Waals surface area (Å²) in [5, 5.41) is 12.4. The Morgan fingerprint density at radius 2 is 1.80 bits per heavy atom. The fourth-order valence-corrected chi connectivity index (χ4v) is 2.01. The van der Waals surface area contributed by atoms with E-state index in [-0.39, 0.29) is 0 Å². The maximum atomic E-state index is 9.07. The van der Waals surface area contributed by atoms with Crippen molar-refractivity contribution in [2.24, 2.45) is 0 Å². The SMILES string of the molecule is CCc1ccc(NCc2ccc(OC)c(C#N)c2)cc1. The topological polar surface area (TPSA) is 45.0 Å². The van der Waals surface area contributed by atoms with Crippen LogP contribution in [-0.4, -0.2) is 7.11 Å². The predicted molar refractivity (Wildman–Crippen MR) is 80.9 cm³/mol. The molecule has 0 aliphatic heterocycles. The van der Waals surface area contributed by atoms with Gasteiger partial charge in [0.25, 0.3) is 0 Å². The molecule has 0 unspecified atom stereocenters. The van der Waals surface area contributed by atoms with Gasteiger partial charge < -0.3 is 10.1 Å². The van der Waals surface area contributed by atoms with Crippen molar-refractivity contribution in [2.45, 2.75) is 19.9 Å². The summed E-state index contributed by atoms with van der Waals surface area (Å²) < 4.78 is 5.14. The van der Waals surface area contributed by atoms with Gasteiger partial charge >= 0.3 is 0 Å². The minimum atomic E-state index is 0.563. The summed E-state index contributed by atoms with van der Waals surface area (Å²) in [5.74, 6) is 0.614. The van der Waals surface area contributed by atoms with Crippen LogP contribution < -0.4 is 10.1 Å². The van der Waals surface area contributed by atoms with Crippen LogP contribution in [0.15, 0.2) is 42.5 Å². The average molecular weight is 266 g/mol. The second kappa shape index (κ2) is 6.63. The van der Waals surface area contributed by atoms with E-state index >= 15 is 0 Å². The zero-order valence-corrected chi connectivity index (χ0v) is 11.8. The standard InChI is InChI=1S/C17H18N2O/c1-3-13-4-7-16(8-5-13)19-12-14-6-9-17(20-2)15(10-14)11-18/h4-10,19H,3,12H2,1-2H3. The van der Waals surface area contributed by atoms with Crippen LogP contribution in [0.3, 0.4) is 0 Å². The number of nitrogens with zero attached hydrogens (tertiary/aromatic N) is 1. The smallest absolute Gasteiger partial charge is 0.136 e. The van der Waals surface area contributed by atoms with E-state index in [9.17, 15) is 0 Å². The molecule has 0 radical (unpaired) electrons. The highest BCUT2D eigenvalue weighted by atomic mass is 16.5. The predicted octanol–water partition coefficient (Wildman–Crippen LogP) is 3.74. The molecule has 3 nitrogen and oxygen atoms in total. The maximum Gasteiger partial charge on any atom is 0.136 e. The Hall–Kier alpha value is -2.47. The molecule has 2 rings (SSSR count). The number of benzene rings is 2. The number of ether oxygens (including phenoxy) is 1. The summed E-state index contributed by atoms with van der Waals surface area (Å²) in [4.78, 5) is 0. The van der Waals surface area contributed by atoms with Crippen LogP contribution >= 0.6 is 0 Å². The first kappa shape index (κ1) is 14.0. The number of aryl methyl sites for hydroxylation is 1. The molecule has 2 aromatic carbocycles. The lowest BCUT2D eigenvalue weighted by Crippen LogP contribution is -2.00. The third kappa shape index (κ3) is 3.30. The number of methoxy groups -OCH3 is 1. The van der Waals surface area contributed by atoms with Gasteiger partial charge in [-0.1, -0.05) is 25.1 Å². The highest BCUT2D eigenvalue weighted by molar-refractivity contribution is 5.48. The number of hydrogen-bond acceptors (Lipinski definition) is 3. The van der Waals surface area contributed by atoms with Crippen molar-refractivity contribution in [3.05, 3.63) is 59.2 Å². The molecule has 102 valence electrons. The largest absolute Gasteiger partial charge is 0.495 e. The van der Waals surface area contributed by atoms with Gasteiger partial charge in [-0.3, -0.25) is 0 Å². The third-order valence-corrected chi connectivity index (χ3v) is 3.24. The first-order valence-electron chi connectivity index (χ1n) is 6.66. The van der Waals surface area contributed by atoms with Gasteiger partial charge in [0.15, 0.2) is 0 Å². The first-order chi connectivity index (χ1) is 9.76. The average Bonchev–Trinajstić information content (AvgIpc) is 2.53. The van der Waals surface area contributed by atoms with Crippen molar-refractivity contribution in [1.82, 2.24) is 0 Å². The van der Waals surface area contributed by atoms with E-state index in [1.54, 1.807) is 7.11 Å². The second-order valence-corrected chi connectivity index (χ2v) is 4.55. The second-order valence-electron chi connectivity index (χ2n) is 4.55. The summed E-state index contributed by atoms with van der Waals surface area (Å²) in [6.07, 6.45) is 1.05. The van der Waals surface area contributed by atoms with E-state index in [0.717, 1.165) is 17.7 Å². The lowest BCUT2D eigenvalue weighted by Gasteiger charge is -2.09. The van der Waals surface area contributed by atoms with E-state index < -0.39 is 0 Å². The van der Waals surface area contributed by atoms with Crippen LogP contribution in [0.4, 0.5) is 5.69 Å². The molecule has 0 aromatic heterocycles. The van der Waals surface area contributed by atoms with Crippen molar-refractivity contribution >= 4 is 5.69 Å². The molecule has 3 heteroatoms. The van der Waals surface area contributed by atoms with Crippen molar-refractivity contribution in [3.8, 4) is 11.8 Å². The highest BCUT2D eigenvalue weighted by Crippen LogP contribution is 2.19. The zero-order valence-electron chi connectivity index (χ0n) is 11.8. The van der Waals surface area contributed by atoms with Gasteiger partial charge in [0.05, 0.1) is 12.7 Å². The highest BCUT2D eigenvalue weighted by Gasteiger charge is 2.03. The molecule has 0 amide bonds. The Bertz CT molecular complexity index is 612. The van der Waals surface area contributed by atoms with Gasteiger partial charge in [-0.2, -0.15) is 5.26 Å². The molecule has 0 heterocycles. The molecule has 0 aliphatic rings. The summed E-state index contributed by atoms with van der Waals surface area (Å²) in [5.41, 5.74) is 4.03. The van der Waals surface area contributed by atoms with Crippen molar-refractivity contribution in [3.63, 3.8) is 0 Å². The Balaban J connectivity index is 2.05. The Kier molecular flexibility index (Phi) is 4.62. The maximum absolute atomic E-state index is 9.07. The molecule has 0 atom stereocenters. The third-order valence-electron chi connectivity index (χ3n) is 3.24. The van der Waals surface area contributed by atoms with Crippen molar-refractivity contribution < 1.29 is 4.74 Å². The number of anilines is 1. The van der Waals surface area contributed by atoms with E-state index in [1.807, 2.05) is 18.2 Å². The minimum absolute atomic E-state index is 0.563. The molecule has 20 heavy (non-hydrogen) atoms. The minimum Gasteiger partial charge on any atom is -0.495 e. The monoisotopic (exact) mass is 266 g/mol. The Morgan fingerprint density at radius 3 is 2.40 bits per heavy atom. The molecule has 0 saturated heterocycles. The van der Waals surface area contributed by atoms with Crippen molar-refractivity contribution in [2.75, 3.05) is 12.4 Å². The molecule has 0 bridgehead atoms. The fraction of sp³-hybridized carbons (Fsp3) is 0.235. The van der Waals surface area contributed by atoms with E-state index in [0.29, 0.717) is 17.9 Å². The number of rotatable bonds is 5. The molecule has 2 aromatic rings. The molecule has 0 aliphatic carbocycles. The Labute approximate surface area is 119 Å². The van der Waals surface area contributed by atoms with Gasteiger partial charge in [-0.15, -0.1) is 0 Å². The van der Waals surface area contributed by atoms with Crippen LogP contribution in [-0.2, 0) is 13.0 Å². The molecular weight excluding hydrogens is 248 g/mol. The normalized spacial score (nSPS) is 9.85. The van der Waals surface area contributed by atoms with E-state index in [2.05, 4.69) is 42.6 Å². The lowest BCUT2D eigenvalue weighted by atomic mass is 10.1. The van der Waals surface area contributed by atoms with Gasteiger partial charge in [-0.05, 0) is 41.8 Å². The fourth-order valence-electron chi connectivity index (χ4n) is 2.01. The lowest BCUT2D eigenvalue weighted by molar-refractivity contribution is 0.413. The summed E-state index contributed by atoms with van der Waals surface area (Å²) in [6.45, 7) is 2.83. The van der Waals surface area contributed by atoms with Crippen LogP contribution in [0, 0.1) is 11.3 Å². The van der Waals surface area contributed by atoms with Gasteiger partial charge in [-0.25, -0.2) is 0 Å². The molecule has 1 N–H and O–H groups in total. The van der Waals surface area contributed by atoms with Gasteiger partial charge in [0.2, 0.25) is 0 Å². The summed E-state index contributed by atoms with van der Waals surface area (Å²) >= 11 is 0. The van der Waals surface area contributed by atoms with Crippen LogP contribution in [0.5, 0.6) is 5.75 Å². The van der Waals surface area contributed by atoms with Crippen LogP contribution in [0.25, 0.3) is 0 Å².